The maximum absolute atomic E-state index is 13.6. The van der Waals surface area contributed by atoms with Crippen molar-refractivity contribution < 1.29 is 18.3 Å². The van der Waals surface area contributed by atoms with Gasteiger partial charge in [0.2, 0.25) is 5.95 Å². The standard InChI is InChI=1S/C13H16F2N2O2/c1-2-9-8-17(6-3-7-19-9)13(18)10-4-5-16-12(15)11(10)14/h4-5,9H,2-3,6-8H2,1H3. The third-order valence-electron chi connectivity index (χ3n) is 3.17. The summed E-state index contributed by atoms with van der Waals surface area (Å²) in [6.07, 6.45) is 2.51. The Morgan fingerprint density at radius 1 is 1.58 bits per heavy atom. The molecule has 1 aromatic rings. The fourth-order valence-corrected chi connectivity index (χ4v) is 2.08. The van der Waals surface area contributed by atoms with Gasteiger partial charge in [0.05, 0.1) is 11.7 Å². The van der Waals surface area contributed by atoms with E-state index in [1.54, 1.807) is 0 Å². The first-order chi connectivity index (χ1) is 9.13. The quantitative estimate of drug-likeness (QED) is 0.772. The van der Waals surface area contributed by atoms with Gasteiger partial charge in [-0.3, -0.25) is 4.79 Å². The number of pyridine rings is 1. The smallest absolute Gasteiger partial charge is 0.257 e. The normalized spacial score (nSPS) is 20.2. The molecular formula is C13H16F2N2O2. The lowest BCUT2D eigenvalue weighted by Gasteiger charge is -2.23. The Bertz CT molecular complexity index is 468. The number of carbonyl (C=O) groups is 1. The Labute approximate surface area is 110 Å². The minimum atomic E-state index is -1.25. The number of hydrogen-bond acceptors (Lipinski definition) is 3. The zero-order chi connectivity index (χ0) is 13.8. The highest BCUT2D eigenvalue weighted by Gasteiger charge is 2.25. The minimum Gasteiger partial charge on any atom is -0.376 e. The van der Waals surface area contributed by atoms with Crippen molar-refractivity contribution >= 4 is 5.91 Å². The zero-order valence-corrected chi connectivity index (χ0v) is 10.7. The zero-order valence-electron chi connectivity index (χ0n) is 10.7. The summed E-state index contributed by atoms with van der Waals surface area (Å²) in [5.41, 5.74) is -0.274. The van der Waals surface area contributed by atoms with Gasteiger partial charge in [0.1, 0.15) is 0 Å². The van der Waals surface area contributed by atoms with Gasteiger partial charge in [0.25, 0.3) is 5.91 Å². The summed E-state index contributed by atoms with van der Waals surface area (Å²) in [6, 6.07) is 1.20. The maximum Gasteiger partial charge on any atom is 0.257 e. The topological polar surface area (TPSA) is 42.4 Å². The van der Waals surface area contributed by atoms with Gasteiger partial charge in [0.15, 0.2) is 5.82 Å². The lowest BCUT2D eigenvalue weighted by molar-refractivity contribution is 0.0457. The summed E-state index contributed by atoms with van der Waals surface area (Å²) in [7, 11) is 0. The SMILES string of the molecule is CCC1CN(C(=O)c2ccnc(F)c2F)CCCO1. The fraction of sp³-hybridized carbons (Fsp3) is 0.538. The molecule has 1 fully saturated rings. The van der Waals surface area contributed by atoms with Crippen LogP contribution in [0.3, 0.4) is 0 Å². The molecule has 0 N–H and O–H groups in total. The van der Waals surface area contributed by atoms with Gasteiger partial charge in [-0.05, 0) is 18.9 Å². The van der Waals surface area contributed by atoms with Crippen LogP contribution in [0.15, 0.2) is 12.3 Å². The summed E-state index contributed by atoms with van der Waals surface area (Å²) in [6.45, 7) is 3.43. The van der Waals surface area contributed by atoms with E-state index in [0.717, 1.165) is 12.6 Å². The number of aromatic nitrogens is 1. The molecular weight excluding hydrogens is 254 g/mol. The first-order valence-electron chi connectivity index (χ1n) is 6.34. The second-order valence-corrected chi connectivity index (χ2v) is 4.47. The second kappa shape index (κ2) is 6.06. The first-order valence-corrected chi connectivity index (χ1v) is 6.34. The summed E-state index contributed by atoms with van der Waals surface area (Å²) >= 11 is 0. The molecule has 4 nitrogen and oxygen atoms in total. The van der Waals surface area contributed by atoms with Gasteiger partial charge >= 0.3 is 0 Å². The van der Waals surface area contributed by atoms with Crippen LogP contribution in [0.5, 0.6) is 0 Å². The molecule has 6 heteroatoms. The molecule has 1 aliphatic heterocycles. The molecule has 0 radical (unpaired) electrons. The van der Waals surface area contributed by atoms with Crippen LogP contribution in [-0.2, 0) is 4.74 Å². The van der Waals surface area contributed by atoms with Crippen LogP contribution < -0.4 is 0 Å². The van der Waals surface area contributed by atoms with Crippen molar-refractivity contribution in [2.75, 3.05) is 19.7 Å². The Morgan fingerprint density at radius 2 is 2.37 bits per heavy atom. The summed E-state index contributed by atoms with van der Waals surface area (Å²) in [5.74, 6) is -2.95. The predicted molar refractivity (Wildman–Crippen MR) is 64.7 cm³/mol. The monoisotopic (exact) mass is 270 g/mol. The molecule has 104 valence electrons. The minimum absolute atomic E-state index is 0.0544. The Hall–Kier alpha value is -1.56. The van der Waals surface area contributed by atoms with Gasteiger partial charge in [0, 0.05) is 25.9 Å². The predicted octanol–water partition coefficient (Wildman–Crippen LogP) is 2.00. The highest BCUT2D eigenvalue weighted by atomic mass is 19.2. The molecule has 0 spiro atoms. The van der Waals surface area contributed by atoms with E-state index in [1.807, 2.05) is 6.92 Å². The van der Waals surface area contributed by atoms with E-state index in [2.05, 4.69) is 4.98 Å². The van der Waals surface area contributed by atoms with Crippen LogP contribution in [0, 0.1) is 11.8 Å². The number of rotatable bonds is 2. The molecule has 0 bridgehead atoms. The van der Waals surface area contributed by atoms with E-state index in [0.29, 0.717) is 26.1 Å². The van der Waals surface area contributed by atoms with Crippen molar-refractivity contribution in [2.45, 2.75) is 25.9 Å². The van der Waals surface area contributed by atoms with E-state index in [1.165, 1.54) is 11.0 Å². The molecule has 1 atom stereocenters. The molecule has 1 saturated heterocycles. The van der Waals surface area contributed by atoms with E-state index < -0.39 is 17.7 Å². The van der Waals surface area contributed by atoms with Gasteiger partial charge in [-0.15, -0.1) is 0 Å². The number of amides is 1. The molecule has 0 saturated carbocycles. The highest BCUT2D eigenvalue weighted by molar-refractivity contribution is 5.94. The first kappa shape index (κ1) is 13.9. The second-order valence-electron chi connectivity index (χ2n) is 4.47. The third kappa shape index (κ3) is 3.07. The fourth-order valence-electron chi connectivity index (χ4n) is 2.08. The van der Waals surface area contributed by atoms with Crippen LogP contribution >= 0.6 is 0 Å². The van der Waals surface area contributed by atoms with E-state index in [9.17, 15) is 13.6 Å². The largest absolute Gasteiger partial charge is 0.376 e. The molecule has 0 aromatic carbocycles. The average Bonchev–Trinajstić information content (AvgIpc) is 2.66. The Balaban J connectivity index is 2.20. The number of hydrogen-bond donors (Lipinski definition) is 0. The molecule has 1 amide bonds. The third-order valence-corrected chi connectivity index (χ3v) is 3.17. The van der Waals surface area contributed by atoms with Crippen LogP contribution in [-0.4, -0.2) is 41.6 Å². The molecule has 2 heterocycles. The van der Waals surface area contributed by atoms with Crippen LogP contribution in [0.1, 0.15) is 30.1 Å². The lowest BCUT2D eigenvalue weighted by atomic mass is 10.2. The van der Waals surface area contributed by atoms with Crippen LogP contribution in [0.25, 0.3) is 0 Å². The number of nitrogens with zero attached hydrogens (tertiary/aromatic N) is 2. The average molecular weight is 270 g/mol. The van der Waals surface area contributed by atoms with Crippen molar-refractivity contribution in [3.8, 4) is 0 Å². The van der Waals surface area contributed by atoms with Crippen LogP contribution in [0.2, 0.25) is 0 Å². The molecule has 2 rings (SSSR count). The van der Waals surface area contributed by atoms with Crippen LogP contribution in [0.4, 0.5) is 8.78 Å². The molecule has 1 aromatic heterocycles. The lowest BCUT2D eigenvalue weighted by Crippen LogP contribution is -2.37. The summed E-state index contributed by atoms with van der Waals surface area (Å²) < 4.78 is 32.2. The molecule has 19 heavy (non-hydrogen) atoms. The van der Waals surface area contributed by atoms with Gasteiger partial charge in [-0.25, -0.2) is 9.37 Å². The van der Waals surface area contributed by atoms with Crippen molar-refractivity contribution in [1.29, 1.82) is 0 Å². The number of halogens is 2. The number of carbonyl (C=O) groups excluding carboxylic acids is 1. The molecule has 0 aliphatic carbocycles. The van der Waals surface area contributed by atoms with Crippen molar-refractivity contribution in [3.63, 3.8) is 0 Å². The summed E-state index contributed by atoms with van der Waals surface area (Å²) in [5, 5.41) is 0. The van der Waals surface area contributed by atoms with Gasteiger partial charge < -0.3 is 9.64 Å². The Morgan fingerprint density at radius 3 is 3.11 bits per heavy atom. The van der Waals surface area contributed by atoms with Crippen molar-refractivity contribution in [1.82, 2.24) is 9.88 Å². The van der Waals surface area contributed by atoms with E-state index in [-0.39, 0.29) is 11.7 Å². The Kier molecular flexibility index (Phi) is 4.42. The van der Waals surface area contributed by atoms with Crippen molar-refractivity contribution in [2.24, 2.45) is 0 Å². The maximum atomic E-state index is 13.6. The van der Waals surface area contributed by atoms with E-state index in [4.69, 9.17) is 4.74 Å². The molecule has 1 unspecified atom stereocenters. The van der Waals surface area contributed by atoms with Crippen molar-refractivity contribution in [3.05, 3.63) is 29.6 Å². The van der Waals surface area contributed by atoms with Gasteiger partial charge in [-0.2, -0.15) is 4.39 Å². The highest BCUT2D eigenvalue weighted by Crippen LogP contribution is 2.15. The van der Waals surface area contributed by atoms with Gasteiger partial charge in [-0.1, -0.05) is 6.92 Å². The number of ether oxygens (including phenoxy) is 1. The van der Waals surface area contributed by atoms with E-state index >= 15 is 0 Å². The summed E-state index contributed by atoms with van der Waals surface area (Å²) in [4.78, 5) is 16.9. The molecule has 1 aliphatic rings.